The first kappa shape index (κ1) is 17.2. The first-order chi connectivity index (χ1) is 10.7. The number of nitrogen functional groups attached to an aromatic ring is 1. The van der Waals surface area contributed by atoms with E-state index in [0.717, 1.165) is 12.1 Å². The lowest BCUT2D eigenvalue weighted by Crippen LogP contribution is -2.15. The summed E-state index contributed by atoms with van der Waals surface area (Å²) in [6, 6.07) is 7.50. The number of benzene rings is 2. The van der Waals surface area contributed by atoms with Gasteiger partial charge in [-0.2, -0.15) is 8.42 Å². The molecule has 0 saturated heterocycles. The van der Waals surface area contributed by atoms with Gasteiger partial charge in [-0.25, -0.2) is 4.39 Å². The summed E-state index contributed by atoms with van der Waals surface area (Å²) in [6.45, 7) is 0. The fraction of sp³-hybridized carbons (Fsp3) is 0. The third-order valence-electron chi connectivity index (χ3n) is 2.66. The molecule has 0 atom stereocenters. The highest BCUT2D eigenvalue weighted by Gasteiger charge is 2.18. The predicted octanol–water partition coefficient (Wildman–Crippen LogP) is 3.02. The fourth-order valence-corrected chi connectivity index (χ4v) is 2.51. The van der Waals surface area contributed by atoms with Crippen molar-refractivity contribution in [2.45, 2.75) is 0 Å². The number of anilines is 2. The quantitative estimate of drug-likeness (QED) is 0.600. The zero-order valence-electron chi connectivity index (χ0n) is 11.2. The van der Waals surface area contributed by atoms with Gasteiger partial charge in [0.05, 0.1) is 11.3 Å². The zero-order chi connectivity index (χ0) is 17.2. The zero-order valence-corrected chi connectivity index (χ0v) is 13.6. The van der Waals surface area contributed by atoms with Crippen molar-refractivity contribution in [1.82, 2.24) is 0 Å². The highest BCUT2D eigenvalue weighted by molar-refractivity contribution is 9.10. The van der Waals surface area contributed by atoms with Gasteiger partial charge in [0, 0.05) is 10.2 Å². The van der Waals surface area contributed by atoms with Gasteiger partial charge in [-0.1, -0.05) is 3.89 Å². The second kappa shape index (κ2) is 6.50. The van der Waals surface area contributed by atoms with E-state index in [2.05, 4.69) is 25.4 Å². The maximum absolute atomic E-state index is 13.9. The molecule has 10 heteroatoms. The van der Waals surface area contributed by atoms with Gasteiger partial charge < -0.3 is 15.2 Å². The van der Waals surface area contributed by atoms with Crippen LogP contribution in [-0.2, 0) is 10.5 Å². The van der Waals surface area contributed by atoms with Crippen LogP contribution in [0.3, 0.4) is 0 Å². The topological polar surface area (TPSA) is 98.5 Å². The van der Waals surface area contributed by atoms with E-state index in [0.29, 0.717) is 0 Å². The van der Waals surface area contributed by atoms with E-state index < -0.39 is 22.2 Å². The summed E-state index contributed by atoms with van der Waals surface area (Å²) in [5.41, 5.74) is 5.16. The Bertz CT molecular complexity index is 857. The minimum Gasteiger partial charge on any atom is -0.396 e. The SMILES string of the molecule is Nc1ccc(Br)c(C(=O)Nc2ccc(OS(=O)(=O)F)cc2)c1F. The molecule has 6 nitrogen and oxygen atoms in total. The van der Waals surface area contributed by atoms with Gasteiger partial charge in [-0.05, 0) is 52.3 Å². The van der Waals surface area contributed by atoms with Crippen LogP contribution < -0.4 is 15.2 Å². The van der Waals surface area contributed by atoms with E-state index in [1.54, 1.807) is 0 Å². The third kappa shape index (κ3) is 4.39. The van der Waals surface area contributed by atoms with Crippen molar-refractivity contribution in [3.8, 4) is 5.75 Å². The molecule has 0 radical (unpaired) electrons. The number of hydrogen-bond acceptors (Lipinski definition) is 5. The summed E-state index contributed by atoms with van der Waals surface area (Å²) in [5.74, 6) is -1.92. The molecule has 2 aromatic rings. The molecular formula is C13H9BrF2N2O4S. The number of nitrogens with two attached hydrogens (primary N) is 1. The number of nitrogens with one attached hydrogen (secondary N) is 1. The molecule has 0 heterocycles. The van der Waals surface area contributed by atoms with Gasteiger partial charge >= 0.3 is 10.5 Å². The highest BCUT2D eigenvalue weighted by atomic mass is 79.9. The van der Waals surface area contributed by atoms with E-state index in [-0.39, 0.29) is 27.2 Å². The van der Waals surface area contributed by atoms with Crippen molar-refractivity contribution in [1.29, 1.82) is 0 Å². The molecule has 0 spiro atoms. The summed E-state index contributed by atoms with van der Waals surface area (Å²) in [7, 11) is -5.13. The highest BCUT2D eigenvalue weighted by Crippen LogP contribution is 2.26. The average molecular weight is 407 g/mol. The number of hydrogen-bond donors (Lipinski definition) is 2. The lowest BCUT2D eigenvalue weighted by Gasteiger charge is -2.09. The van der Waals surface area contributed by atoms with Crippen molar-refractivity contribution in [3.63, 3.8) is 0 Å². The van der Waals surface area contributed by atoms with Gasteiger partial charge in [0.1, 0.15) is 5.75 Å². The maximum atomic E-state index is 13.9. The van der Waals surface area contributed by atoms with E-state index in [1.807, 2.05) is 0 Å². The second-order valence-corrected chi connectivity index (χ2v) is 6.09. The number of halogens is 3. The molecule has 1 amide bonds. The van der Waals surface area contributed by atoms with Crippen LogP contribution in [0.2, 0.25) is 0 Å². The summed E-state index contributed by atoms with van der Waals surface area (Å²) in [4.78, 5) is 12.1. The van der Waals surface area contributed by atoms with E-state index >= 15 is 0 Å². The van der Waals surface area contributed by atoms with Crippen molar-refractivity contribution in [2.75, 3.05) is 11.1 Å². The van der Waals surface area contributed by atoms with Crippen molar-refractivity contribution >= 4 is 43.7 Å². The molecule has 23 heavy (non-hydrogen) atoms. The van der Waals surface area contributed by atoms with Crippen LogP contribution in [0, 0.1) is 5.82 Å². The standard InChI is InChI=1S/C13H9BrF2N2O4S/c14-9-5-6-10(17)12(15)11(9)13(19)18-7-1-3-8(4-2-7)22-23(16,20)21/h1-6H,17H2,(H,18,19). The monoisotopic (exact) mass is 406 g/mol. The summed E-state index contributed by atoms with van der Waals surface area (Å²) >= 11 is 3.06. The minimum atomic E-state index is -5.13. The first-order valence-corrected chi connectivity index (χ1v) is 8.06. The molecule has 0 aliphatic rings. The number of rotatable bonds is 4. The molecule has 122 valence electrons. The van der Waals surface area contributed by atoms with Gasteiger partial charge in [0.15, 0.2) is 5.82 Å². The van der Waals surface area contributed by atoms with Gasteiger partial charge in [0.25, 0.3) is 5.91 Å². The molecule has 2 rings (SSSR count). The third-order valence-corrected chi connectivity index (χ3v) is 3.71. The lowest BCUT2D eigenvalue weighted by molar-refractivity contribution is 0.102. The summed E-state index contributed by atoms with van der Waals surface area (Å²) < 4.78 is 51.2. The Morgan fingerprint density at radius 1 is 1.17 bits per heavy atom. The second-order valence-electron chi connectivity index (χ2n) is 4.28. The molecule has 0 saturated carbocycles. The molecule has 0 fully saturated rings. The Hall–Kier alpha value is -2.20. The van der Waals surface area contributed by atoms with E-state index in [4.69, 9.17) is 5.73 Å². The van der Waals surface area contributed by atoms with Crippen LogP contribution in [0.5, 0.6) is 5.75 Å². The summed E-state index contributed by atoms with van der Waals surface area (Å²) in [6.07, 6.45) is 0. The van der Waals surface area contributed by atoms with E-state index in [1.165, 1.54) is 24.3 Å². The smallest absolute Gasteiger partial charge is 0.396 e. The van der Waals surface area contributed by atoms with Crippen LogP contribution in [0.15, 0.2) is 40.9 Å². The molecule has 2 aromatic carbocycles. The molecule has 0 aliphatic carbocycles. The summed E-state index contributed by atoms with van der Waals surface area (Å²) in [5, 5.41) is 2.39. The number of amides is 1. The lowest BCUT2D eigenvalue weighted by atomic mass is 10.1. The Kier molecular flexibility index (Phi) is 4.85. The molecule has 0 bridgehead atoms. The normalized spacial score (nSPS) is 11.1. The molecular weight excluding hydrogens is 398 g/mol. The van der Waals surface area contributed by atoms with Crippen molar-refractivity contribution in [2.24, 2.45) is 0 Å². The van der Waals surface area contributed by atoms with Gasteiger partial charge in [-0.3, -0.25) is 4.79 Å². The minimum absolute atomic E-state index is 0.185. The number of carbonyl (C=O) groups is 1. The first-order valence-electron chi connectivity index (χ1n) is 5.96. The average Bonchev–Trinajstić information content (AvgIpc) is 2.44. The molecule has 0 aromatic heterocycles. The van der Waals surface area contributed by atoms with Crippen molar-refractivity contribution in [3.05, 3.63) is 52.3 Å². The van der Waals surface area contributed by atoms with E-state index in [9.17, 15) is 21.5 Å². The van der Waals surface area contributed by atoms with Gasteiger partial charge in [-0.15, -0.1) is 0 Å². The fourth-order valence-electron chi connectivity index (χ4n) is 1.68. The largest absolute Gasteiger partial charge is 0.488 e. The Balaban J connectivity index is 2.20. The Morgan fingerprint density at radius 3 is 2.35 bits per heavy atom. The maximum Gasteiger partial charge on any atom is 0.488 e. The number of carbonyl (C=O) groups excluding carboxylic acids is 1. The predicted molar refractivity (Wildman–Crippen MR) is 83.6 cm³/mol. The van der Waals surface area contributed by atoms with Gasteiger partial charge in [0.2, 0.25) is 0 Å². The molecule has 0 unspecified atom stereocenters. The van der Waals surface area contributed by atoms with Crippen molar-refractivity contribution < 1.29 is 25.7 Å². The van der Waals surface area contributed by atoms with Crippen LogP contribution in [0.4, 0.5) is 19.7 Å². The molecule has 0 aliphatic heterocycles. The Morgan fingerprint density at radius 2 is 1.78 bits per heavy atom. The van der Waals surface area contributed by atoms with Crippen LogP contribution in [-0.4, -0.2) is 14.3 Å². The van der Waals surface area contributed by atoms with Crippen LogP contribution in [0.1, 0.15) is 10.4 Å². The van der Waals surface area contributed by atoms with Crippen LogP contribution in [0.25, 0.3) is 0 Å². The molecule has 3 N–H and O–H groups in total. The van der Waals surface area contributed by atoms with Crippen LogP contribution >= 0.6 is 15.9 Å². The Labute approximate surface area is 138 Å².